The van der Waals surface area contributed by atoms with Crippen LogP contribution in [0.4, 0.5) is 0 Å². The number of carbonyl (C=O) groups is 1. The van der Waals surface area contributed by atoms with Crippen molar-refractivity contribution in [2.75, 3.05) is 0 Å². The van der Waals surface area contributed by atoms with E-state index in [4.69, 9.17) is 0 Å². The summed E-state index contributed by atoms with van der Waals surface area (Å²) in [7, 11) is 0. The lowest BCUT2D eigenvalue weighted by Crippen LogP contribution is -2.22. The molecular weight excluding hydrogens is 292 g/mol. The number of hydrazone groups is 1. The summed E-state index contributed by atoms with van der Waals surface area (Å²) in [5.74, 6) is 0.537. The Balaban J connectivity index is 1.95. The lowest BCUT2D eigenvalue weighted by Gasteiger charge is -2.18. The Morgan fingerprint density at radius 2 is 2.11 bits per heavy atom. The maximum atomic E-state index is 11.8. The molecule has 0 radical (unpaired) electrons. The number of hydrogen-bond donors (Lipinski definition) is 1. The van der Waals surface area contributed by atoms with Crippen LogP contribution in [0.25, 0.3) is 0 Å². The minimum Gasteiger partial charge on any atom is -0.267 e. The zero-order chi connectivity index (χ0) is 13.0. The number of hydrogen-bond acceptors (Lipinski definition) is 2. The first-order valence-electron chi connectivity index (χ1n) is 6.26. The first kappa shape index (κ1) is 13.3. The molecule has 1 N–H and O–H groups in total. The second-order valence-electron chi connectivity index (χ2n) is 4.83. The van der Waals surface area contributed by atoms with Crippen LogP contribution in [0, 0.1) is 5.92 Å². The molecule has 1 aromatic carbocycles. The van der Waals surface area contributed by atoms with E-state index in [1.165, 1.54) is 12.8 Å². The fraction of sp³-hybridized carbons (Fsp3) is 0.429. The van der Waals surface area contributed by atoms with Crippen LogP contribution in [0.3, 0.4) is 0 Å². The zero-order valence-corrected chi connectivity index (χ0v) is 12.0. The van der Waals surface area contributed by atoms with Gasteiger partial charge in [0.2, 0.25) is 0 Å². The van der Waals surface area contributed by atoms with Gasteiger partial charge in [0.15, 0.2) is 0 Å². The number of nitrogens with one attached hydrogen (secondary N) is 1. The Hall–Kier alpha value is -1.16. The topological polar surface area (TPSA) is 41.5 Å². The highest BCUT2D eigenvalue weighted by Gasteiger charge is 2.14. The monoisotopic (exact) mass is 308 g/mol. The molecule has 18 heavy (non-hydrogen) atoms. The molecule has 0 heterocycles. The molecule has 1 amide bonds. The summed E-state index contributed by atoms with van der Waals surface area (Å²) in [6.07, 6.45) is 4.44. The van der Waals surface area contributed by atoms with E-state index in [1.54, 1.807) is 12.1 Å². The molecule has 4 heteroatoms. The van der Waals surface area contributed by atoms with Gasteiger partial charge in [0.25, 0.3) is 5.91 Å². The van der Waals surface area contributed by atoms with Crippen molar-refractivity contribution in [1.82, 2.24) is 5.43 Å². The summed E-state index contributed by atoms with van der Waals surface area (Å²) in [5.41, 5.74) is 4.38. The van der Waals surface area contributed by atoms with Crippen LogP contribution in [0.5, 0.6) is 0 Å². The number of carbonyl (C=O) groups excluding carboxylic acids is 1. The first-order valence-corrected chi connectivity index (χ1v) is 7.06. The van der Waals surface area contributed by atoms with Gasteiger partial charge < -0.3 is 0 Å². The quantitative estimate of drug-likeness (QED) is 0.831. The smallest absolute Gasteiger partial charge is 0.267 e. The molecule has 1 aliphatic rings. The summed E-state index contributed by atoms with van der Waals surface area (Å²) in [6.45, 7) is 2.23. The lowest BCUT2D eigenvalue weighted by atomic mass is 9.89. The Bertz CT molecular complexity index is 453. The molecule has 3 nitrogen and oxygen atoms in total. The standard InChI is InChI=1S/C14H17BrN2O/c1-10-3-2-4-13(9-10)16-17-14(18)11-5-7-12(15)8-6-11/h5-8,10H,2-4,9H2,1H3,(H,17,18)/b16-13-/t10-/m0/s1. The number of benzene rings is 1. The molecule has 0 aromatic heterocycles. The van der Waals surface area contributed by atoms with Gasteiger partial charge in [-0.1, -0.05) is 22.9 Å². The van der Waals surface area contributed by atoms with Crippen molar-refractivity contribution in [3.05, 3.63) is 34.3 Å². The second kappa shape index (κ2) is 6.14. The van der Waals surface area contributed by atoms with Crippen LogP contribution in [0.1, 0.15) is 43.0 Å². The van der Waals surface area contributed by atoms with Gasteiger partial charge in [-0.15, -0.1) is 0 Å². The van der Waals surface area contributed by atoms with E-state index in [9.17, 15) is 4.79 Å². The molecule has 1 saturated carbocycles. The Morgan fingerprint density at radius 3 is 2.78 bits per heavy atom. The van der Waals surface area contributed by atoms with Gasteiger partial charge >= 0.3 is 0 Å². The summed E-state index contributed by atoms with van der Waals surface area (Å²) in [4.78, 5) is 11.8. The van der Waals surface area contributed by atoms with Crippen molar-refractivity contribution >= 4 is 27.5 Å². The molecule has 0 bridgehead atoms. The molecule has 0 aliphatic heterocycles. The predicted molar refractivity (Wildman–Crippen MR) is 76.7 cm³/mol. The number of rotatable bonds is 2. The Kier molecular flexibility index (Phi) is 4.53. The molecule has 1 atom stereocenters. The number of amides is 1. The molecular formula is C14H17BrN2O. The SMILES string of the molecule is C[C@H]1CCC/C(=N/NC(=O)c2ccc(Br)cc2)C1. The zero-order valence-electron chi connectivity index (χ0n) is 10.4. The normalized spacial score (nSPS) is 21.9. The van der Waals surface area contributed by atoms with E-state index in [2.05, 4.69) is 33.4 Å². The molecule has 1 fully saturated rings. The van der Waals surface area contributed by atoms with Crippen molar-refractivity contribution < 1.29 is 4.79 Å². The molecule has 1 aliphatic carbocycles. The van der Waals surface area contributed by atoms with Gasteiger partial charge in [0, 0.05) is 15.7 Å². The first-order chi connectivity index (χ1) is 8.65. The van der Waals surface area contributed by atoms with Crippen LogP contribution in [-0.4, -0.2) is 11.6 Å². The van der Waals surface area contributed by atoms with Crippen LogP contribution in [0.2, 0.25) is 0 Å². The average Bonchev–Trinajstić information content (AvgIpc) is 2.37. The van der Waals surface area contributed by atoms with Crippen molar-refractivity contribution in [3.8, 4) is 0 Å². The van der Waals surface area contributed by atoms with Crippen LogP contribution < -0.4 is 5.43 Å². The molecule has 2 rings (SSSR count). The molecule has 96 valence electrons. The summed E-state index contributed by atoms with van der Waals surface area (Å²) < 4.78 is 0.964. The Labute approximate surface area is 116 Å². The highest BCUT2D eigenvalue weighted by molar-refractivity contribution is 9.10. The van der Waals surface area contributed by atoms with Gasteiger partial charge in [-0.2, -0.15) is 5.10 Å². The van der Waals surface area contributed by atoms with E-state index in [1.807, 2.05) is 12.1 Å². The van der Waals surface area contributed by atoms with Crippen LogP contribution >= 0.6 is 15.9 Å². The van der Waals surface area contributed by atoms with Crippen molar-refractivity contribution in [1.29, 1.82) is 0 Å². The van der Waals surface area contributed by atoms with Gasteiger partial charge in [0.05, 0.1) is 0 Å². The third-order valence-electron chi connectivity index (χ3n) is 3.17. The van der Waals surface area contributed by atoms with E-state index >= 15 is 0 Å². The number of nitrogens with zero attached hydrogens (tertiary/aromatic N) is 1. The van der Waals surface area contributed by atoms with E-state index < -0.39 is 0 Å². The van der Waals surface area contributed by atoms with Crippen LogP contribution in [0.15, 0.2) is 33.8 Å². The average molecular weight is 309 g/mol. The Morgan fingerprint density at radius 1 is 1.39 bits per heavy atom. The fourth-order valence-electron chi connectivity index (χ4n) is 2.16. The third-order valence-corrected chi connectivity index (χ3v) is 3.70. The van der Waals surface area contributed by atoms with Gasteiger partial charge in [-0.05, 0) is 55.9 Å². The summed E-state index contributed by atoms with van der Waals surface area (Å²) in [6, 6.07) is 7.27. The van der Waals surface area contributed by atoms with Crippen LogP contribution in [-0.2, 0) is 0 Å². The van der Waals surface area contributed by atoms with E-state index in [0.717, 1.165) is 23.0 Å². The highest BCUT2D eigenvalue weighted by atomic mass is 79.9. The van der Waals surface area contributed by atoms with Gasteiger partial charge in [-0.25, -0.2) is 5.43 Å². The van der Waals surface area contributed by atoms with Crippen molar-refractivity contribution in [2.24, 2.45) is 11.0 Å². The maximum Gasteiger partial charge on any atom is 0.271 e. The van der Waals surface area contributed by atoms with Gasteiger partial charge in [-0.3, -0.25) is 4.79 Å². The van der Waals surface area contributed by atoms with E-state index in [-0.39, 0.29) is 5.91 Å². The van der Waals surface area contributed by atoms with E-state index in [0.29, 0.717) is 11.5 Å². The summed E-state index contributed by atoms with van der Waals surface area (Å²) >= 11 is 3.34. The van der Waals surface area contributed by atoms with Gasteiger partial charge in [0.1, 0.15) is 0 Å². The molecule has 1 aromatic rings. The molecule has 0 saturated heterocycles. The summed E-state index contributed by atoms with van der Waals surface area (Å²) in [5, 5.41) is 4.24. The van der Waals surface area contributed by atoms with Crippen molar-refractivity contribution in [2.45, 2.75) is 32.6 Å². The number of halogens is 1. The fourth-order valence-corrected chi connectivity index (χ4v) is 2.42. The largest absolute Gasteiger partial charge is 0.271 e. The highest BCUT2D eigenvalue weighted by Crippen LogP contribution is 2.21. The van der Waals surface area contributed by atoms with Crippen molar-refractivity contribution in [3.63, 3.8) is 0 Å². The third kappa shape index (κ3) is 3.67. The molecule has 0 unspecified atom stereocenters. The molecule has 0 spiro atoms. The minimum atomic E-state index is -0.145. The minimum absolute atomic E-state index is 0.145. The maximum absolute atomic E-state index is 11.8. The predicted octanol–water partition coefficient (Wildman–Crippen LogP) is 3.75. The lowest BCUT2D eigenvalue weighted by molar-refractivity contribution is 0.0954. The second-order valence-corrected chi connectivity index (χ2v) is 5.74.